The maximum atomic E-state index is 12.4. The van der Waals surface area contributed by atoms with Crippen molar-refractivity contribution in [3.05, 3.63) is 30.3 Å². The monoisotopic (exact) mass is 287 g/mol. The Bertz CT molecular complexity index is 446. The zero-order valence-corrected chi connectivity index (χ0v) is 12.7. The molecular weight excluding hydrogens is 262 g/mol. The largest absolute Gasteiger partial charge is 0.493 e. The van der Waals surface area contributed by atoms with Crippen LogP contribution in [0.3, 0.4) is 0 Å². The summed E-state index contributed by atoms with van der Waals surface area (Å²) in [5.41, 5.74) is 0. The predicted molar refractivity (Wildman–Crippen MR) is 83.2 cm³/mol. The Kier molecular flexibility index (Phi) is 4.79. The molecule has 1 aromatic rings. The van der Waals surface area contributed by atoms with Gasteiger partial charge in [-0.05, 0) is 43.7 Å². The highest BCUT2D eigenvalue weighted by molar-refractivity contribution is 5.79. The average Bonchev–Trinajstić information content (AvgIpc) is 3.08. The highest BCUT2D eigenvalue weighted by Crippen LogP contribution is 2.28. The molecular formula is C18H25NO2. The Labute approximate surface area is 127 Å². The Morgan fingerprint density at radius 3 is 2.38 bits per heavy atom. The van der Waals surface area contributed by atoms with E-state index >= 15 is 0 Å². The Balaban J connectivity index is 1.41. The molecule has 0 bridgehead atoms. The second kappa shape index (κ2) is 6.97. The molecule has 114 valence electrons. The summed E-state index contributed by atoms with van der Waals surface area (Å²) in [4.78, 5) is 14.5. The van der Waals surface area contributed by atoms with Gasteiger partial charge >= 0.3 is 0 Å². The van der Waals surface area contributed by atoms with Gasteiger partial charge in [-0.1, -0.05) is 31.0 Å². The fourth-order valence-corrected chi connectivity index (χ4v) is 3.48. The second-order valence-electron chi connectivity index (χ2n) is 6.37. The van der Waals surface area contributed by atoms with Crippen molar-refractivity contribution < 1.29 is 9.53 Å². The summed E-state index contributed by atoms with van der Waals surface area (Å²) in [6.07, 6.45) is 6.83. The fourth-order valence-electron chi connectivity index (χ4n) is 3.48. The zero-order valence-electron chi connectivity index (χ0n) is 12.7. The van der Waals surface area contributed by atoms with Crippen molar-refractivity contribution in [2.75, 3.05) is 19.7 Å². The number of hydrogen-bond acceptors (Lipinski definition) is 2. The Hall–Kier alpha value is -1.51. The van der Waals surface area contributed by atoms with Crippen molar-refractivity contribution >= 4 is 5.91 Å². The lowest BCUT2D eigenvalue weighted by atomic mass is 9.96. The molecule has 3 rings (SSSR count). The number of hydrogen-bond donors (Lipinski definition) is 0. The van der Waals surface area contributed by atoms with E-state index in [-0.39, 0.29) is 0 Å². The first-order chi connectivity index (χ1) is 10.3. The van der Waals surface area contributed by atoms with Crippen molar-refractivity contribution in [1.29, 1.82) is 0 Å². The quantitative estimate of drug-likeness (QED) is 0.848. The molecule has 1 aliphatic carbocycles. The van der Waals surface area contributed by atoms with Crippen LogP contribution in [0.1, 0.15) is 38.5 Å². The number of piperidine rings is 1. The van der Waals surface area contributed by atoms with Crippen LogP contribution in [0, 0.1) is 11.8 Å². The lowest BCUT2D eigenvalue weighted by Gasteiger charge is -2.33. The molecule has 0 N–H and O–H groups in total. The van der Waals surface area contributed by atoms with Gasteiger partial charge in [-0.3, -0.25) is 4.79 Å². The highest BCUT2D eigenvalue weighted by Gasteiger charge is 2.30. The molecule has 0 aromatic heterocycles. The number of nitrogens with zero attached hydrogens (tertiary/aromatic N) is 1. The first-order valence-corrected chi connectivity index (χ1v) is 8.29. The summed E-state index contributed by atoms with van der Waals surface area (Å²) in [5.74, 6) is 2.26. The van der Waals surface area contributed by atoms with Crippen molar-refractivity contribution in [3.63, 3.8) is 0 Å². The van der Waals surface area contributed by atoms with Gasteiger partial charge in [-0.25, -0.2) is 0 Å². The van der Waals surface area contributed by atoms with Crippen LogP contribution in [-0.4, -0.2) is 30.5 Å². The summed E-state index contributed by atoms with van der Waals surface area (Å²) in [6, 6.07) is 9.99. The van der Waals surface area contributed by atoms with E-state index in [1.807, 2.05) is 30.3 Å². The van der Waals surface area contributed by atoms with Gasteiger partial charge in [-0.15, -0.1) is 0 Å². The highest BCUT2D eigenvalue weighted by atomic mass is 16.5. The molecule has 1 aliphatic heterocycles. The van der Waals surface area contributed by atoms with Gasteiger partial charge in [-0.2, -0.15) is 0 Å². The number of carbonyl (C=O) groups is 1. The minimum Gasteiger partial charge on any atom is -0.493 e. The third kappa shape index (κ3) is 3.78. The van der Waals surface area contributed by atoms with Gasteiger partial charge in [0.25, 0.3) is 0 Å². The van der Waals surface area contributed by atoms with Crippen LogP contribution in [0.5, 0.6) is 5.75 Å². The molecule has 0 atom stereocenters. The zero-order chi connectivity index (χ0) is 14.5. The van der Waals surface area contributed by atoms with Crippen molar-refractivity contribution in [3.8, 4) is 5.75 Å². The molecule has 0 radical (unpaired) electrons. The van der Waals surface area contributed by atoms with E-state index in [1.54, 1.807) is 0 Å². The molecule has 1 amide bonds. The van der Waals surface area contributed by atoms with Crippen LogP contribution >= 0.6 is 0 Å². The van der Waals surface area contributed by atoms with Crippen molar-refractivity contribution in [2.45, 2.75) is 38.5 Å². The van der Waals surface area contributed by atoms with Crippen LogP contribution in [-0.2, 0) is 4.79 Å². The minimum atomic E-state index is 0.321. The number of benzene rings is 1. The molecule has 2 fully saturated rings. The molecule has 1 aromatic carbocycles. The second-order valence-corrected chi connectivity index (χ2v) is 6.37. The van der Waals surface area contributed by atoms with E-state index in [4.69, 9.17) is 4.74 Å². The van der Waals surface area contributed by atoms with Gasteiger partial charge in [0.2, 0.25) is 5.91 Å². The van der Waals surface area contributed by atoms with Gasteiger partial charge < -0.3 is 9.64 Å². The molecule has 3 nitrogen and oxygen atoms in total. The molecule has 2 aliphatic rings. The fraction of sp³-hybridized carbons (Fsp3) is 0.611. The van der Waals surface area contributed by atoms with E-state index < -0.39 is 0 Å². The van der Waals surface area contributed by atoms with Crippen LogP contribution in [0.4, 0.5) is 0 Å². The molecule has 1 heterocycles. The minimum absolute atomic E-state index is 0.321. The van der Waals surface area contributed by atoms with E-state index in [0.29, 0.717) is 17.7 Å². The molecule has 3 heteroatoms. The van der Waals surface area contributed by atoms with Gasteiger partial charge in [0.05, 0.1) is 6.61 Å². The lowest BCUT2D eigenvalue weighted by Crippen LogP contribution is -2.42. The number of para-hydroxylation sites is 1. The Morgan fingerprint density at radius 1 is 1.05 bits per heavy atom. The number of ether oxygens (including phenoxy) is 1. The third-order valence-corrected chi connectivity index (χ3v) is 4.86. The first-order valence-electron chi connectivity index (χ1n) is 8.29. The summed E-state index contributed by atoms with van der Waals surface area (Å²) < 4.78 is 5.84. The number of carbonyl (C=O) groups excluding carboxylic acids is 1. The Morgan fingerprint density at radius 2 is 1.71 bits per heavy atom. The number of likely N-dealkylation sites (tertiary alicyclic amines) is 1. The number of rotatable bonds is 4. The molecule has 0 unspecified atom stereocenters. The first kappa shape index (κ1) is 14.4. The topological polar surface area (TPSA) is 29.5 Å². The smallest absolute Gasteiger partial charge is 0.225 e. The maximum Gasteiger partial charge on any atom is 0.225 e. The number of amides is 1. The van der Waals surface area contributed by atoms with Gasteiger partial charge in [0.1, 0.15) is 5.75 Å². The third-order valence-electron chi connectivity index (χ3n) is 4.86. The lowest BCUT2D eigenvalue weighted by molar-refractivity contribution is -0.136. The normalized spacial score (nSPS) is 20.7. The summed E-state index contributed by atoms with van der Waals surface area (Å²) in [7, 11) is 0. The summed E-state index contributed by atoms with van der Waals surface area (Å²) in [6.45, 7) is 2.60. The van der Waals surface area contributed by atoms with Crippen LogP contribution < -0.4 is 4.74 Å². The van der Waals surface area contributed by atoms with Gasteiger partial charge in [0.15, 0.2) is 0 Å². The predicted octanol–water partition coefficient (Wildman–Crippen LogP) is 3.49. The molecule has 0 spiro atoms. The summed E-state index contributed by atoms with van der Waals surface area (Å²) >= 11 is 0. The van der Waals surface area contributed by atoms with Crippen LogP contribution in [0.15, 0.2) is 30.3 Å². The van der Waals surface area contributed by atoms with Crippen molar-refractivity contribution in [2.24, 2.45) is 11.8 Å². The van der Waals surface area contributed by atoms with E-state index in [2.05, 4.69) is 4.90 Å². The van der Waals surface area contributed by atoms with Crippen LogP contribution in [0.25, 0.3) is 0 Å². The van der Waals surface area contributed by atoms with E-state index in [1.165, 1.54) is 12.8 Å². The van der Waals surface area contributed by atoms with Gasteiger partial charge in [0, 0.05) is 19.0 Å². The molecule has 1 saturated heterocycles. The van der Waals surface area contributed by atoms with Crippen LogP contribution in [0.2, 0.25) is 0 Å². The van der Waals surface area contributed by atoms with Crippen molar-refractivity contribution in [1.82, 2.24) is 4.90 Å². The summed E-state index contributed by atoms with van der Waals surface area (Å²) in [5, 5.41) is 0. The van der Waals surface area contributed by atoms with E-state index in [0.717, 1.165) is 51.1 Å². The maximum absolute atomic E-state index is 12.4. The molecule has 21 heavy (non-hydrogen) atoms. The standard InChI is InChI=1S/C18H25NO2/c20-18(16-6-4-5-7-16)19-12-10-15(11-13-19)14-21-17-8-2-1-3-9-17/h1-3,8-9,15-16H,4-7,10-14H2. The average molecular weight is 287 g/mol. The van der Waals surface area contributed by atoms with E-state index in [9.17, 15) is 4.79 Å². The molecule has 1 saturated carbocycles. The SMILES string of the molecule is O=C(C1CCCC1)N1CCC(COc2ccccc2)CC1.